The van der Waals surface area contributed by atoms with E-state index in [0.717, 1.165) is 32.5 Å². The SMILES string of the molecule is CCCCOCC(O)CN1CC(C)OC(C)C1. The second-order valence-corrected chi connectivity index (χ2v) is 5.06. The fourth-order valence-corrected chi connectivity index (χ4v) is 2.25. The number of rotatable bonds is 7. The molecule has 3 atom stereocenters. The van der Waals surface area contributed by atoms with Crippen molar-refractivity contribution in [1.82, 2.24) is 4.90 Å². The monoisotopic (exact) mass is 245 g/mol. The first kappa shape index (κ1) is 14.9. The average Bonchev–Trinajstić information content (AvgIpc) is 2.23. The zero-order chi connectivity index (χ0) is 12.7. The Hall–Kier alpha value is -0.160. The van der Waals surface area contributed by atoms with Crippen molar-refractivity contribution >= 4 is 0 Å². The van der Waals surface area contributed by atoms with Gasteiger partial charge in [0.1, 0.15) is 0 Å². The molecule has 0 bridgehead atoms. The minimum Gasteiger partial charge on any atom is -0.389 e. The van der Waals surface area contributed by atoms with Crippen molar-refractivity contribution in [2.24, 2.45) is 0 Å². The third-order valence-electron chi connectivity index (χ3n) is 2.92. The van der Waals surface area contributed by atoms with Crippen LogP contribution < -0.4 is 0 Å². The van der Waals surface area contributed by atoms with Crippen LogP contribution in [-0.2, 0) is 9.47 Å². The van der Waals surface area contributed by atoms with Crippen LogP contribution in [0.15, 0.2) is 0 Å². The lowest BCUT2D eigenvalue weighted by Crippen LogP contribution is -2.48. The molecular weight excluding hydrogens is 218 g/mol. The van der Waals surface area contributed by atoms with E-state index in [2.05, 4.69) is 25.7 Å². The Morgan fingerprint density at radius 3 is 2.59 bits per heavy atom. The number of morpholine rings is 1. The van der Waals surface area contributed by atoms with Crippen molar-refractivity contribution in [2.45, 2.75) is 51.9 Å². The zero-order valence-corrected chi connectivity index (χ0v) is 11.4. The summed E-state index contributed by atoms with van der Waals surface area (Å²) in [6.45, 7) is 9.97. The van der Waals surface area contributed by atoms with Crippen LogP contribution in [0.5, 0.6) is 0 Å². The Kier molecular flexibility index (Phi) is 7.04. The normalized spacial score (nSPS) is 28.2. The molecule has 4 nitrogen and oxygen atoms in total. The number of hydrogen-bond acceptors (Lipinski definition) is 4. The van der Waals surface area contributed by atoms with Crippen molar-refractivity contribution in [3.8, 4) is 0 Å². The summed E-state index contributed by atoms with van der Waals surface area (Å²) in [5, 5.41) is 9.87. The summed E-state index contributed by atoms with van der Waals surface area (Å²) < 4.78 is 11.1. The maximum absolute atomic E-state index is 9.87. The third kappa shape index (κ3) is 6.36. The average molecular weight is 245 g/mol. The number of β-amino-alcohol motifs (C(OH)–C–C–N with tert-alkyl or cyclic N) is 1. The van der Waals surface area contributed by atoms with Gasteiger partial charge in [0.2, 0.25) is 0 Å². The van der Waals surface area contributed by atoms with E-state index in [1.54, 1.807) is 0 Å². The molecule has 0 spiro atoms. The van der Waals surface area contributed by atoms with E-state index >= 15 is 0 Å². The molecule has 0 aliphatic carbocycles. The predicted octanol–water partition coefficient (Wildman–Crippen LogP) is 1.27. The quantitative estimate of drug-likeness (QED) is 0.686. The Morgan fingerprint density at radius 1 is 1.35 bits per heavy atom. The maximum Gasteiger partial charge on any atom is 0.0900 e. The maximum atomic E-state index is 9.87. The van der Waals surface area contributed by atoms with Gasteiger partial charge in [0, 0.05) is 26.2 Å². The molecule has 1 heterocycles. The third-order valence-corrected chi connectivity index (χ3v) is 2.92. The molecule has 1 N–H and O–H groups in total. The molecule has 1 rings (SSSR count). The van der Waals surface area contributed by atoms with Crippen molar-refractivity contribution in [2.75, 3.05) is 32.8 Å². The first-order chi connectivity index (χ1) is 8.11. The van der Waals surface area contributed by atoms with E-state index in [9.17, 15) is 5.11 Å². The Labute approximate surface area is 105 Å². The topological polar surface area (TPSA) is 41.9 Å². The molecular formula is C13H27NO3. The summed E-state index contributed by atoms with van der Waals surface area (Å²) in [7, 11) is 0. The van der Waals surface area contributed by atoms with E-state index in [4.69, 9.17) is 9.47 Å². The molecule has 0 aromatic carbocycles. The summed E-state index contributed by atoms with van der Waals surface area (Å²) in [5.74, 6) is 0. The highest BCUT2D eigenvalue weighted by Crippen LogP contribution is 2.10. The lowest BCUT2D eigenvalue weighted by atomic mass is 10.2. The second-order valence-electron chi connectivity index (χ2n) is 5.06. The summed E-state index contributed by atoms with van der Waals surface area (Å²) >= 11 is 0. The number of aliphatic hydroxyl groups is 1. The highest BCUT2D eigenvalue weighted by molar-refractivity contribution is 4.75. The number of aliphatic hydroxyl groups excluding tert-OH is 1. The van der Waals surface area contributed by atoms with E-state index < -0.39 is 0 Å². The lowest BCUT2D eigenvalue weighted by molar-refractivity contribution is -0.0820. The number of nitrogens with zero attached hydrogens (tertiary/aromatic N) is 1. The molecule has 1 aliphatic rings. The van der Waals surface area contributed by atoms with Crippen LogP contribution in [0.1, 0.15) is 33.6 Å². The zero-order valence-electron chi connectivity index (χ0n) is 11.4. The second kappa shape index (κ2) is 8.03. The van der Waals surface area contributed by atoms with Crippen LogP contribution in [-0.4, -0.2) is 61.2 Å². The van der Waals surface area contributed by atoms with Crippen LogP contribution in [0, 0.1) is 0 Å². The van der Waals surface area contributed by atoms with Gasteiger partial charge in [-0.25, -0.2) is 0 Å². The number of hydrogen-bond donors (Lipinski definition) is 1. The molecule has 102 valence electrons. The molecule has 1 aliphatic heterocycles. The molecule has 0 aromatic heterocycles. The van der Waals surface area contributed by atoms with Crippen LogP contribution in [0.25, 0.3) is 0 Å². The van der Waals surface area contributed by atoms with Gasteiger partial charge in [-0.1, -0.05) is 13.3 Å². The Morgan fingerprint density at radius 2 is 2.00 bits per heavy atom. The summed E-state index contributed by atoms with van der Waals surface area (Å²) in [6.07, 6.45) is 2.33. The van der Waals surface area contributed by atoms with Gasteiger partial charge < -0.3 is 14.6 Å². The van der Waals surface area contributed by atoms with Gasteiger partial charge in [0.25, 0.3) is 0 Å². The van der Waals surface area contributed by atoms with E-state index in [1.165, 1.54) is 0 Å². The van der Waals surface area contributed by atoms with Crippen molar-refractivity contribution < 1.29 is 14.6 Å². The number of unbranched alkanes of at least 4 members (excludes halogenated alkanes) is 1. The van der Waals surface area contributed by atoms with Gasteiger partial charge in [0.05, 0.1) is 24.9 Å². The lowest BCUT2D eigenvalue weighted by Gasteiger charge is -2.36. The molecule has 0 saturated carbocycles. The molecule has 0 radical (unpaired) electrons. The Bertz CT molecular complexity index is 191. The molecule has 0 aromatic rings. The van der Waals surface area contributed by atoms with Gasteiger partial charge in [-0.05, 0) is 20.3 Å². The predicted molar refractivity (Wildman–Crippen MR) is 68.2 cm³/mol. The van der Waals surface area contributed by atoms with Crippen LogP contribution in [0.4, 0.5) is 0 Å². The fraction of sp³-hybridized carbons (Fsp3) is 1.00. The molecule has 1 saturated heterocycles. The highest BCUT2D eigenvalue weighted by Gasteiger charge is 2.23. The molecule has 3 unspecified atom stereocenters. The van der Waals surface area contributed by atoms with Crippen LogP contribution >= 0.6 is 0 Å². The van der Waals surface area contributed by atoms with E-state index in [-0.39, 0.29) is 18.3 Å². The summed E-state index contributed by atoms with van der Waals surface area (Å²) in [4.78, 5) is 2.26. The van der Waals surface area contributed by atoms with Crippen LogP contribution in [0.3, 0.4) is 0 Å². The Balaban J connectivity index is 2.14. The first-order valence-corrected chi connectivity index (χ1v) is 6.75. The van der Waals surface area contributed by atoms with Crippen molar-refractivity contribution in [3.05, 3.63) is 0 Å². The number of ether oxygens (including phenoxy) is 2. The molecule has 4 heteroatoms. The minimum atomic E-state index is -0.385. The summed E-state index contributed by atoms with van der Waals surface area (Å²) in [6, 6.07) is 0. The van der Waals surface area contributed by atoms with Gasteiger partial charge in [-0.2, -0.15) is 0 Å². The molecule has 17 heavy (non-hydrogen) atoms. The standard InChI is InChI=1S/C13H27NO3/c1-4-5-6-16-10-13(15)9-14-7-11(2)17-12(3)8-14/h11-13,15H,4-10H2,1-3H3. The molecule has 1 fully saturated rings. The van der Waals surface area contributed by atoms with Gasteiger partial charge in [-0.15, -0.1) is 0 Å². The largest absolute Gasteiger partial charge is 0.389 e. The highest BCUT2D eigenvalue weighted by atomic mass is 16.5. The smallest absolute Gasteiger partial charge is 0.0900 e. The van der Waals surface area contributed by atoms with E-state index in [1.807, 2.05) is 0 Å². The minimum absolute atomic E-state index is 0.256. The fourth-order valence-electron chi connectivity index (χ4n) is 2.25. The van der Waals surface area contributed by atoms with Gasteiger partial charge >= 0.3 is 0 Å². The summed E-state index contributed by atoms with van der Waals surface area (Å²) in [5.41, 5.74) is 0. The first-order valence-electron chi connectivity index (χ1n) is 6.75. The van der Waals surface area contributed by atoms with Crippen molar-refractivity contribution in [1.29, 1.82) is 0 Å². The van der Waals surface area contributed by atoms with Crippen LogP contribution in [0.2, 0.25) is 0 Å². The van der Waals surface area contributed by atoms with Crippen molar-refractivity contribution in [3.63, 3.8) is 0 Å². The van der Waals surface area contributed by atoms with Gasteiger partial charge in [0.15, 0.2) is 0 Å². The molecule has 0 amide bonds. The van der Waals surface area contributed by atoms with E-state index in [0.29, 0.717) is 13.2 Å². The van der Waals surface area contributed by atoms with Gasteiger partial charge in [-0.3, -0.25) is 4.90 Å².